The number of amides is 1. The molecule has 0 aliphatic heterocycles. The van der Waals surface area contributed by atoms with Gasteiger partial charge in [0, 0.05) is 11.6 Å². The highest BCUT2D eigenvalue weighted by Gasteiger charge is 2.27. The number of halogens is 2. The summed E-state index contributed by atoms with van der Waals surface area (Å²) in [5.41, 5.74) is 1.90. The summed E-state index contributed by atoms with van der Waals surface area (Å²) in [6.07, 6.45) is 0.866. The first-order valence-electron chi connectivity index (χ1n) is 9.17. The number of thiophene rings is 1. The number of hydrogen-bond donors (Lipinski definition) is 2. The molecule has 9 heteroatoms. The van der Waals surface area contributed by atoms with Crippen molar-refractivity contribution >= 4 is 54.8 Å². The first-order chi connectivity index (χ1) is 14.3. The summed E-state index contributed by atoms with van der Waals surface area (Å²) in [6, 6.07) is 18.9. The third-order valence-electron chi connectivity index (χ3n) is 4.34. The fourth-order valence-corrected chi connectivity index (χ4v) is 6.18. The van der Waals surface area contributed by atoms with Crippen LogP contribution < -0.4 is 10.0 Å². The standard InChI is InChI=1S/C21H20BrClN2O3S2/c22-19-10-11-20(29-19)30(27,28)25-18(14-16-4-2-1-3-5-16)21(26)24-13-12-15-6-8-17(23)9-7-15/h1-11,18,25H,12-14H2,(H,24,26)/t18-/m0/s1. The Bertz CT molecular complexity index is 1090. The van der Waals surface area contributed by atoms with Gasteiger partial charge in [-0.05, 0) is 64.2 Å². The van der Waals surface area contributed by atoms with Crippen LogP contribution in [0.4, 0.5) is 0 Å². The molecule has 0 radical (unpaired) electrons. The van der Waals surface area contributed by atoms with Crippen molar-refractivity contribution < 1.29 is 13.2 Å². The molecule has 0 bridgehead atoms. The lowest BCUT2D eigenvalue weighted by Crippen LogP contribution is -2.48. The van der Waals surface area contributed by atoms with Gasteiger partial charge in [0.2, 0.25) is 5.91 Å². The Balaban J connectivity index is 1.69. The maximum atomic E-state index is 12.8. The van der Waals surface area contributed by atoms with E-state index in [1.54, 1.807) is 18.2 Å². The summed E-state index contributed by atoms with van der Waals surface area (Å²) in [5.74, 6) is -0.369. The average molecular weight is 528 g/mol. The number of carbonyl (C=O) groups is 1. The Kier molecular flexibility index (Phi) is 8.07. The molecule has 3 aromatic rings. The first kappa shape index (κ1) is 23.0. The van der Waals surface area contributed by atoms with Gasteiger partial charge < -0.3 is 5.32 Å². The lowest BCUT2D eigenvalue weighted by molar-refractivity contribution is -0.122. The Morgan fingerprint density at radius 2 is 1.70 bits per heavy atom. The minimum absolute atomic E-state index is 0.154. The lowest BCUT2D eigenvalue weighted by Gasteiger charge is -2.18. The summed E-state index contributed by atoms with van der Waals surface area (Å²) in [4.78, 5) is 12.8. The van der Waals surface area contributed by atoms with E-state index in [9.17, 15) is 13.2 Å². The van der Waals surface area contributed by atoms with Gasteiger partial charge in [0.15, 0.2) is 0 Å². The monoisotopic (exact) mass is 526 g/mol. The van der Waals surface area contributed by atoms with Crippen LogP contribution in [0.3, 0.4) is 0 Å². The number of hydrogen-bond acceptors (Lipinski definition) is 4. The van der Waals surface area contributed by atoms with Gasteiger partial charge in [0.25, 0.3) is 10.0 Å². The van der Waals surface area contributed by atoms with Crippen LogP contribution in [0.15, 0.2) is 74.7 Å². The molecule has 0 aliphatic rings. The fraction of sp³-hybridized carbons (Fsp3) is 0.190. The molecule has 2 aromatic carbocycles. The topological polar surface area (TPSA) is 75.3 Å². The number of sulfonamides is 1. The zero-order valence-electron chi connectivity index (χ0n) is 15.8. The largest absolute Gasteiger partial charge is 0.354 e. The maximum Gasteiger partial charge on any atom is 0.250 e. The van der Waals surface area contributed by atoms with Crippen molar-refractivity contribution in [1.82, 2.24) is 10.0 Å². The van der Waals surface area contributed by atoms with Crippen LogP contribution in [0.5, 0.6) is 0 Å². The number of nitrogens with one attached hydrogen (secondary N) is 2. The van der Waals surface area contributed by atoms with Crippen LogP contribution in [0.2, 0.25) is 5.02 Å². The third kappa shape index (κ3) is 6.65. The van der Waals surface area contributed by atoms with Crippen LogP contribution in [0.25, 0.3) is 0 Å². The minimum atomic E-state index is -3.82. The zero-order valence-corrected chi connectivity index (χ0v) is 19.8. The lowest BCUT2D eigenvalue weighted by atomic mass is 10.1. The Morgan fingerprint density at radius 3 is 2.33 bits per heavy atom. The van der Waals surface area contributed by atoms with Gasteiger partial charge in [-0.15, -0.1) is 11.3 Å². The van der Waals surface area contributed by atoms with E-state index in [0.717, 1.165) is 22.5 Å². The second-order valence-corrected chi connectivity index (χ2v) is 11.4. The van der Waals surface area contributed by atoms with Gasteiger partial charge in [-0.2, -0.15) is 4.72 Å². The Labute approximate surface area is 193 Å². The van der Waals surface area contributed by atoms with E-state index in [1.165, 1.54) is 6.07 Å². The van der Waals surface area contributed by atoms with Crippen molar-refractivity contribution in [2.24, 2.45) is 0 Å². The molecule has 1 aromatic heterocycles. The van der Waals surface area contributed by atoms with E-state index in [-0.39, 0.29) is 16.5 Å². The molecule has 1 heterocycles. The van der Waals surface area contributed by atoms with E-state index in [1.807, 2.05) is 42.5 Å². The highest BCUT2D eigenvalue weighted by Crippen LogP contribution is 2.26. The van der Waals surface area contributed by atoms with Crippen molar-refractivity contribution in [3.8, 4) is 0 Å². The molecule has 5 nitrogen and oxygen atoms in total. The van der Waals surface area contributed by atoms with E-state index in [2.05, 4.69) is 26.0 Å². The van der Waals surface area contributed by atoms with E-state index in [0.29, 0.717) is 21.8 Å². The van der Waals surface area contributed by atoms with Gasteiger partial charge in [0.1, 0.15) is 10.3 Å². The van der Waals surface area contributed by atoms with Crippen molar-refractivity contribution in [3.63, 3.8) is 0 Å². The second kappa shape index (κ2) is 10.5. The summed E-state index contributed by atoms with van der Waals surface area (Å²) >= 11 is 10.3. The molecule has 0 fully saturated rings. The molecule has 0 aliphatic carbocycles. The van der Waals surface area contributed by atoms with Crippen molar-refractivity contribution in [2.75, 3.05) is 6.54 Å². The molecule has 0 unspecified atom stereocenters. The summed E-state index contributed by atoms with van der Waals surface area (Å²) in [6.45, 7) is 0.387. The molecular formula is C21H20BrClN2O3S2. The molecule has 158 valence electrons. The predicted octanol–water partition coefficient (Wildman–Crippen LogP) is 4.41. The number of rotatable bonds is 9. The first-order valence-corrected chi connectivity index (χ1v) is 12.6. The molecule has 2 N–H and O–H groups in total. The molecule has 1 atom stereocenters. The Morgan fingerprint density at radius 1 is 1.00 bits per heavy atom. The molecule has 1 amide bonds. The molecule has 0 saturated carbocycles. The second-order valence-electron chi connectivity index (χ2n) is 6.59. The average Bonchev–Trinajstić information content (AvgIpc) is 3.17. The molecule has 0 saturated heterocycles. The van der Waals surface area contributed by atoms with E-state index in [4.69, 9.17) is 11.6 Å². The number of benzene rings is 2. The quantitative estimate of drug-likeness (QED) is 0.433. The van der Waals surface area contributed by atoms with Gasteiger partial charge in [-0.25, -0.2) is 8.42 Å². The fourth-order valence-electron chi connectivity index (χ4n) is 2.83. The van der Waals surface area contributed by atoms with Crippen LogP contribution >= 0.6 is 38.9 Å². The van der Waals surface area contributed by atoms with Crippen molar-refractivity contribution in [2.45, 2.75) is 23.1 Å². The van der Waals surface area contributed by atoms with Crippen LogP contribution in [-0.2, 0) is 27.7 Å². The van der Waals surface area contributed by atoms with E-state index < -0.39 is 16.1 Å². The van der Waals surface area contributed by atoms with Gasteiger partial charge in [-0.3, -0.25) is 4.79 Å². The van der Waals surface area contributed by atoms with E-state index >= 15 is 0 Å². The SMILES string of the molecule is O=C(NCCc1ccc(Cl)cc1)[C@H](Cc1ccccc1)NS(=O)(=O)c1ccc(Br)s1. The Hall–Kier alpha value is -1.71. The summed E-state index contributed by atoms with van der Waals surface area (Å²) in [5, 5.41) is 3.49. The normalized spacial score (nSPS) is 12.5. The maximum absolute atomic E-state index is 12.8. The van der Waals surface area contributed by atoms with Gasteiger partial charge in [-0.1, -0.05) is 54.1 Å². The van der Waals surface area contributed by atoms with Crippen LogP contribution in [0.1, 0.15) is 11.1 Å². The molecule has 3 rings (SSSR count). The smallest absolute Gasteiger partial charge is 0.250 e. The van der Waals surface area contributed by atoms with Crippen molar-refractivity contribution in [1.29, 1.82) is 0 Å². The van der Waals surface area contributed by atoms with Crippen LogP contribution in [-0.4, -0.2) is 26.9 Å². The van der Waals surface area contributed by atoms with Gasteiger partial charge in [0.05, 0.1) is 3.79 Å². The molecular weight excluding hydrogens is 508 g/mol. The third-order valence-corrected chi connectivity index (χ3v) is 8.18. The summed E-state index contributed by atoms with van der Waals surface area (Å²) in [7, 11) is -3.82. The highest BCUT2D eigenvalue weighted by atomic mass is 79.9. The molecule has 0 spiro atoms. The summed E-state index contributed by atoms with van der Waals surface area (Å²) < 4.78 is 28.9. The predicted molar refractivity (Wildman–Crippen MR) is 124 cm³/mol. The minimum Gasteiger partial charge on any atom is -0.354 e. The highest BCUT2D eigenvalue weighted by molar-refractivity contribution is 9.11. The van der Waals surface area contributed by atoms with Crippen molar-refractivity contribution in [3.05, 3.63) is 86.7 Å². The number of carbonyl (C=O) groups excluding carboxylic acids is 1. The molecule has 30 heavy (non-hydrogen) atoms. The van der Waals surface area contributed by atoms with Gasteiger partial charge >= 0.3 is 0 Å². The zero-order chi connectivity index (χ0) is 21.6. The van der Waals surface area contributed by atoms with Crippen LogP contribution in [0, 0.1) is 0 Å².